The smallest absolute Gasteiger partial charge is 0.0998 e. The van der Waals surface area contributed by atoms with Gasteiger partial charge in [0.2, 0.25) is 0 Å². The molecule has 0 saturated carbocycles. The highest BCUT2D eigenvalue weighted by molar-refractivity contribution is 7.99. The molecule has 1 heterocycles. The number of nitriles is 1. The van der Waals surface area contributed by atoms with E-state index in [2.05, 4.69) is 29.2 Å². The van der Waals surface area contributed by atoms with Gasteiger partial charge in [0.15, 0.2) is 0 Å². The summed E-state index contributed by atoms with van der Waals surface area (Å²) in [6.45, 7) is 2.21. The van der Waals surface area contributed by atoms with Gasteiger partial charge in [-0.3, -0.25) is 0 Å². The fourth-order valence-corrected chi connectivity index (χ4v) is 3.53. The van der Waals surface area contributed by atoms with Crippen LogP contribution in [0.5, 0.6) is 0 Å². The van der Waals surface area contributed by atoms with Crippen molar-refractivity contribution in [2.75, 3.05) is 29.5 Å². The number of anilines is 1. The van der Waals surface area contributed by atoms with Gasteiger partial charge in [0, 0.05) is 35.3 Å². The van der Waals surface area contributed by atoms with Gasteiger partial charge in [0.25, 0.3) is 0 Å². The van der Waals surface area contributed by atoms with Gasteiger partial charge in [-0.05, 0) is 24.3 Å². The van der Waals surface area contributed by atoms with E-state index in [0.717, 1.165) is 24.0 Å². The molecule has 19 heavy (non-hydrogen) atoms. The van der Waals surface area contributed by atoms with Gasteiger partial charge in [0.1, 0.15) is 0 Å². The summed E-state index contributed by atoms with van der Waals surface area (Å²) in [6.07, 6.45) is 1.24. The first-order chi connectivity index (χ1) is 9.40. The summed E-state index contributed by atoms with van der Waals surface area (Å²) in [7, 11) is 0. The van der Waals surface area contributed by atoms with Gasteiger partial charge in [-0.2, -0.15) is 17.0 Å². The molecule has 0 bridgehead atoms. The minimum absolute atomic E-state index is 0.767. The molecule has 0 spiro atoms. The second-order valence-electron chi connectivity index (χ2n) is 4.74. The first-order valence-corrected chi connectivity index (χ1v) is 7.80. The van der Waals surface area contributed by atoms with Crippen molar-refractivity contribution >= 4 is 28.2 Å². The lowest BCUT2D eigenvalue weighted by Crippen LogP contribution is -2.25. The first-order valence-electron chi connectivity index (χ1n) is 6.65. The number of benzene rings is 2. The SMILES string of the molecule is N#Cc1ccc(N2CCCSCC2)c2ccccc12. The number of rotatable bonds is 1. The molecule has 1 aliphatic heterocycles. The molecule has 3 heteroatoms. The van der Waals surface area contributed by atoms with Crippen molar-refractivity contribution in [3.63, 3.8) is 0 Å². The van der Waals surface area contributed by atoms with Gasteiger partial charge in [0.05, 0.1) is 11.6 Å². The van der Waals surface area contributed by atoms with E-state index in [1.54, 1.807) is 0 Å². The number of fused-ring (bicyclic) bond motifs is 1. The maximum Gasteiger partial charge on any atom is 0.0998 e. The van der Waals surface area contributed by atoms with Crippen LogP contribution in [-0.2, 0) is 0 Å². The van der Waals surface area contributed by atoms with Crippen LogP contribution in [0.1, 0.15) is 12.0 Å². The highest BCUT2D eigenvalue weighted by Crippen LogP contribution is 2.30. The maximum atomic E-state index is 9.21. The van der Waals surface area contributed by atoms with Crippen molar-refractivity contribution in [1.82, 2.24) is 0 Å². The number of hydrogen-bond acceptors (Lipinski definition) is 3. The molecule has 1 saturated heterocycles. The number of nitrogens with zero attached hydrogens (tertiary/aromatic N) is 2. The van der Waals surface area contributed by atoms with Crippen LogP contribution < -0.4 is 4.90 Å². The monoisotopic (exact) mass is 268 g/mol. The number of hydrogen-bond donors (Lipinski definition) is 0. The predicted molar refractivity (Wildman–Crippen MR) is 82.8 cm³/mol. The highest BCUT2D eigenvalue weighted by atomic mass is 32.2. The second kappa shape index (κ2) is 5.54. The third-order valence-electron chi connectivity index (χ3n) is 3.58. The lowest BCUT2D eigenvalue weighted by molar-refractivity contribution is 0.819. The zero-order chi connectivity index (χ0) is 13.1. The van der Waals surface area contributed by atoms with E-state index < -0.39 is 0 Å². The van der Waals surface area contributed by atoms with E-state index >= 15 is 0 Å². The van der Waals surface area contributed by atoms with Crippen LogP contribution in [-0.4, -0.2) is 24.6 Å². The van der Waals surface area contributed by atoms with E-state index in [9.17, 15) is 5.26 Å². The predicted octanol–water partition coefficient (Wildman–Crippen LogP) is 3.65. The zero-order valence-corrected chi connectivity index (χ0v) is 11.6. The van der Waals surface area contributed by atoms with E-state index in [0.29, 0.717) is 0 Å². The lowest BCUT2D eigenvalue weighted by Gasteiger charge is -2.24. The van der Waals surface area contributed by atoms with Crippen LogP contribution in [0.2, 0.25) is 0 Å². The molecule has 3 rings (SSSR count). The van der Waals surface area contributed by atoms with Crippen molar-refractivity contribution in [1.29, 1.82) is 5.26 Å². The van der Waals surface area contributed by atoms with Crippen LogP contribution in [0.15, 0.2) is 36.4 Å². The van der Waals surface area contributed by atoms with E-state index in [-0.39, 0.29) is 0 Å². The fourth-order valence-electron chi connectivity index (χ4n) is 2.64. The molecule has 0 atom stereocenters. The molecule has 0 unspecified atom stereocenters. The Morgan fingerprint density at radius 3 is 2.68 bits per heavy atom. The van der Waals surface area contributed by atoms with E-state index in [4.69, 9.17) is 0 Å². The molecule has 2 aromatic carbocycles. The molecule has 96 valence electrons. The summed E-state index contributed by atoms with van der Waals surface area (Å²) in [6, 6.07) is 14.6. The van der Waals surface area contributed by atoms with Crippen LogP contribution in [0, 0.1) is 11.3 Å². The molecular formula is C16H16N2S. The summed E-state index contributed by atoms with van der Waals surface area (Å²) in [5, 5.41) is 11.5. The first kappa shape index (κ1) is 12.4. The van der Waals surface area contributed by atoms with Crippen molar-refractivity contribution in [2.45, 2.75) is 6.42 Å². The van der Waals surface area contributed by atoms with Gasteiger partial charge >= 0.3 is 0 Å². The van der Waals surface area contributed by atoms with Gasteiger partial charge in [-0.15, -0.1) is 0 Å². The molecule has 2 aromatic rings. The largest absolute Gasteiger partial charge is 0.370 e. The van der Waals surface area contributed by atoms with Crippen molar-refractivity contribution in [3.05, 3.63) is 42.0 Å². The zero-order valence-electron chi connectivity index (χ0n) is 10.8. The normalized spacial score (nSPS) is 16.1. The lowest BCUT2D eigenvalue weighted by atomic mass is 10.0. The molecule has 0 aliphatic carbocycles. The van der Waals surface area contributed by atoms with Crippen molar-refractivity contribution in [2.24, 2.45) is 0 Å². The Balaban J connectivity index is 2.11. The van der Waals surface area contributed by atoms with Gasteiger partial charge < -0.3 is 4.90 Å². The topological polar surface area (TPSA) is 27.0 Å². The molecule has 1 aliphatic rings. The summed E-state index contributed by atoms with van der Waals surface area (Å²) in [4.78, 5) is 2.46. The average Bonchev–Trinajstić information content (AvgIpc) is 2.75. The van der Waals surface area contributed by atoms with Crippen LogP contribution in [0.3, 0.4) is 0 Å². The molecule has 0 amide bonds. The van der Waals surface area contributed by atoms with Crippen LogP contribution >= 0.6 is 11.8 Å². The van der Waals surface area contributed by atoms with Gasteiger partial charge in [-0.25, -0.2) is 0 Å². The Kier molecular flexibility index (Phi) is 3.61. The molecule has 2 nitrogen and oxygen atoms in total. The molecular weight excluding hydrogens is 252 g/mol. The maximum absolute atomic E-state index is 9.21. The molecule has 0 radical (unpaired) electrons. The molecule has 0 N–H and O–H groups in total. The quantitative estimate of drug-likeness (QED) is 0.790. The number of thioether (sulfide) groups is 1. The van der Waals surface area contributed by atoms with Crippen molar-refractivity contribution in [3.8, 4) is 6.07 Å². The Hall–Kier alpha value is -1.66. The second-order valence-corrected chi connectivity index (χ2v) is 5.97. The highest BCUT2D eigenvalue weighted by Gasteiger charge is 2.13. The fraction of sp³-hybridized carbons (Fsp3) is 0.312. The van der Waals surface area contributed by atoms with Crippen LogP contribution in [0.25, 0.3) is 10.8 Å². The summed E-state index contributed by atoms with van der Waals surface area (Å²) in [5.41, 5.74) is 2.04. The Labute approximate surface area is 118 Å². The summed E-state index contributed by atoms with van der Waals surface area (Å²) < 4.78 is 0. The molecule has 0 aromatic heterocycles. The Morgan fingerprint density at radius 2 is 1.84 bits per heavy atom. The summed E-state index contributed by atoms with van der Waals surface area (Å²) in [5.74, 6) is 2.44. The Bertz CT molecular complexity index is 622. The minimum atomic E-state index is 0.767. The Morgan fingerprint density at radius 1 is 1.00 bits per heavy atom. The molecule has 1 fully saturated rings. The van der Waals surface area contributed by atoms with E-state index in [1.165, 1.54) is 29.0 Å². The van der Waals surface area contributed by atoms with Crippen molar-refractivity contribution < 1.29 is 0 Å². The standard InChI is InChI=1S/C16H16N2S/c17-12-13-6-7-16(15-5-2-1-4-14(13)15)18-8-3-10-19-11-9-18/h1-2,4-7H,3,8-11H2. The van der Waals surface area contributed by atoms with Gasteiger partial charge in [-0.1, -0.05) is 24.3 Å². The minimum Gasteiger partial charge on any atom is -0.370 e. The third kappa shape index (κ3) is 2.41. The van der Waals surface area contributed by atoms with E-state index in [1.807, 2.05) is 30.0 Å². The average molecular weight is 268 g/mol. The third-order valence-corrected chi connectivity index (χ3v) is 4.63. The summed E-state index contributed by atoms with van der Waals surface area (Å²) >= 11 is 2.03. The van der Waals surface area contributed by atoms with Crippen LogP contribution in [0.4, 0.5) is 5.69 Å².